The van der Waals surface area contributed by atoms with Crippen molar-refractivity contribution in [1.82, 2.24) is 30.6 Å². The first-order valence-electron chi connectivity index (χ1n) is 17.3. The highest BCUT2D eigenvalue weighted by Crippen LogP contribution is 2.48. The molecule has 1 aliphatic rings. The van der Waals surface area contributed by atoms with Gasteiger partial charge in [-0.2, -0.15) is 28.1 Å². The Morgan fingerprint density at radius 2 is 1.60 bits per heavy atom. The minimum atomic E-state index is -4.65. The second-order valence-electron chi connectivity index (χ2n) is 12.6. The summed E-state index contributed by atoms with van der Waals surface area (Å²) in [5, 5.41) is 13.8. The summed E-state index contributed by atoms with van der Waals surface area (Å²) in [5.41, 5.74) is 0.952. The maximum absolute atomic E-state index is 13.1. The molecule has 5 aromatic rings. The van der Waals surface area contributed by atoms with Crippen molar-refractivity contribution in [2.75, 3.05) is 36.2 Å². The predicted molar refractivity (Wildman–Crippen MR) is 203 cm³/mol. The highest BCUT2D eigenvalue weighted by Gasteiger charge is 2.45. The monoisotopic (exact) mass is 819 g/mol. The van der Waals surface area contributed by atoms with Gasteiger partial charge in [-0.25, -0.2) is 9.78 Å². The first-order valence-corrected chi connectivity index (χ1v) is 17.7. The molecule has 6 rings (SSSR count). The van der Waals surface area contributed by atoms with E-state index in [0.717, 1.165) is 12.7 Å². The van der Waals surface area contributed by atoms with Crippen molar-refractivity contribution < 1.29 is 46.6 Å². The number of benzene rings is 3. The van der Waals surface area contributed by atoms with E-state index in [2.05, 4.69) is 46.5 Å². The van der Waals surface area contributed by atoms with Crippen LogP contribution in [0.15, 0.2) is 97.2 Å². The van der Waals surface area contributed by atoms with E-state index in [1.807, 2.05) is 12.1 Å². The van der Waals surface area contributed by atoms with Gasteiger partial charge in [0.05, 0.1) is 12.6 Å². The van der Waals surface area contributed by atoms with Crippen LogP contribution in [0.1, 0.15) is 28.8 Å². The van der Waals surface area contributed by atoms with E-state index in [1.54, 1.807) is 48.7 Å². The van der Waals surface area contributed by atoms with Crippen LogP contribution >= 0.6 is 11.6 Å². The number of nitrogens with one attached hydrogen (secondary N) is 5. The smallest absolute Gasteiger partial charge is 0.422 e. The number of ether oxygens (including phenoxy) is 3. The Bertz CT molecular complexity index is 2270. The molecule has 3 amide bonds. The number of halogens is 4. The molecule has 3 aromatic carbocycles. The number of hydrogen-bond acceptors (Lipinski definition) is 13. The van der Waals surface area contributed by atoms with E-state index in [9.17, 15) is 32.3 Å². The predicted octanol–water partition coefficient (Wildman–Crippen LogP) is 5.52. The van der Waals surface area contributed by atoms with Crippen LogP contribution in [0.5, 0.6) is 17.6 Å². The standard InChI is InChI=1S/C38H33ClF3N9O7/c1-56-33(55)28(20-44-31(53)32(54)45-26-5-4-6-27(19-26)58-29-7-2-3-18-43-29)47-30(52)22-8-14-25(15-9-22)46-34-48-35(50-36(49-34)57-21-38(40,41)42)51-37(16-17-37)23-10-12-24(39)13-11-23/h2-15,18-19,28H,16-17,20-21H2,1H3,(H,44,53)(H,45,54)(H,47,52)(H2,46,48,49,50,51)/t28-/m0/s1. The average Bonchev–Trinajstić information content (AvgIpc) is 3.99. The van der Waals surface area contributed by atoms with Crippen molar-refractivity contribution >= 4 is 58.6 Å². The zero-order chi connectivity index (χ0) is 41.3. The van der Waals surface area contributed by atoms with Gasteiger partial charge in [-0.05, 0) is 73.0 Å². The molecular formula is C38H33ClF3N9O7. The molecule has 2 heterocycles. The zero-order valence-corrected chi connectivity index (χ0v) is 31.1. The lowest BCUT2D eigenvalue weighted by Gasteiger charge is -2.19. The summed E-state index contributed by atoms with van der Waals surface area (Å²) in [4.78, 5) is 67.3. The molecule has 16 nitrogen and oxygen atoms in total. The molecule has 0 saturated heterocycles. The summed E-state index contributed by atoms with van der Waals surface area (Å²) in [7, 11) is 1.08. The van der Waals surface area contributed by atoms with Crippen molar-refractivity contribution in [3.63, 3.8) is 0 Å². The van der Waals surface area contributed by atoms with Gasteiger partial charge in [0, 0.05) is 46.8 Å². The number of rotatable bonds is 15. The molecule has 20 heteroatoms. The quantitative estimate of drug-likeness (QED) is 0.0652. The van der Waals surface area contributed by atoms with Gasteiger partial charge in [0.1, 0.15) is 11.8 Å². The molecule has 0 bridgehead atoms. The van der Waals surface area contributed by atoms with Gasteiger partial charge >= 0.3 is 30.0 Å². The van der Waals surface area contributed by atoms with Crippen LogP contribution in [0.4, 0.5) is 36.4 Å². The molecule has 0 aliphatic heterocycles. The van der Waals surface area contributed by atoms with Crippen molar-refractivity contribution in [2.24, 2.45) is 0 Å². The van der Waals surface area contributed by atoms with Crippen molar-refractivity contribution in [2.45, 2.75) is 30.6 Å². The minimum absolute atomic E-state index is 0.0445. The number of methoxy groups -OCH3 is 1. The first kappa shape index (κ1) is 40.6. The van der Waals surface area contributed by atoms with Crippen LogP contribution in [-0.2, 0) is 24.7 Å². The number of pyridine rings is 1. The van der Waals surface area contributed by atoms with Crippen molar-refractivity contribution in [3.05, 3.63) is 113 Å². The largest absolute Gasteiger partial charge is 0.467 e. The normalized spacial score (nSPS) is 13.3. The minimum Gasteiger partial charge on any atom is -0.467 e. The lowest BCUT2D eigenvalue weighted by Crippen LogP contribution is -2.50. The summed E-state index contributed by atoms with van der Waals surface area (Å²) >= 11 is 6.03. The van der Waals surface area contributed by atoms with E-state index in [-0.39, 0.29) is 23.1 Å². The molecule has 58 heavy (non-hydrogen) atoms. The third-order valence-corrected chi connectivity index (χ3v) is 8.55. The number of alkyl halides is 3. The van der Waals surface area contributed by atoms with Gasteiger partial charge in [0.2, 0.25) is 17.8 Å². The van der Waals surface area contributed by atoms with Gasteiger partial charge < -0.3 is 40.8 Å². The van der Waals surface area contributed by atoms with E-state index in [4.69, 9.17) is 25.8 Å². The Morgan fingerprint density at radius 1 is 0.862 bits per heavy atom. The molecule has 1 aliphatic carbocycles. The molecule has 0 unspecified atom stereocenters. The molecule has 5 N–H and O–H groups in total. The van der Waals surface area contributed by atoms with Crippen LogP contribution in [0.25, 0.3) is 0 Å². The fourth-order valence-corrected chi connectivity index (χ4v) is 5.44. The summed E-state index contributed by atoms with van der Waals surface area (Å²) in [5.74, 6) is -3.33. The lowest BCUT2D eigenvalue weighted by molar-refractivity contribution is -0.154. The van der Waals surface area contributed by atoms with E-state index < -0.39 is 60.6 Å². The Hall–Kier alpha value is -7.02. The topological polar surface area (TPSA) is 208 Å². The van der Waals surface area contributed by atoms with Gasteiger partial charge in [-0.3, -0.25) is 14.4 Å². The second kappa shape index (κ2) is 17.8. The van der Waals surface area contributed by atoms with Crippen LogP contribution in [0.3, 0.4) is 0 Å². The summed E-state index contributed by atoms with van der Waals surface area (Å²) in [6.45, 7) is -2.13. The lowest BCUT2D eigenvalue weighted by atomic mass is 10.1. The number of nitrogens with zero attached hydrogens (tertiary/aromatic N) is 4. The van der Waals surface area contributed by atoms with Gasteiger partial charge in [0.15, 0.2) is 6.61 Å². The fourth-order valence-electron chi connectivity index (χ4n) is 5.31. The summed E-state index contributed by atoms with van der Waals surface area (Å²) < 4.78 is 54.2. The highest BCUT2D eigenvalue weighted by atomic mass is 35.5. The number of aromatic nitrogens is 4. The van der Waals surface area contributed by atoms with Crippen molar-refractivity contribution in [1.29, 1.82) is 0 Å². The number of carbonyl (C=O) groups is 4. The van der Waals surface area contributed by atoms with Crippen molar-refractivity contribution in [3.8, 4) is 17.6 Å². The highest BCUT2D eigenvalue weighted by molar-refractivity contribution is 6.39. The average molecular weight is 820 g/mol. The van der Waals surface area contributed by atoms with Crippen LogP contribution in [0.2, 0.25) is 5.02 Å². The van der Waals surface area contributed by atoms with E-state index >= 15 is 0 Å². The van der Waals surface area contributed by atoms with Crippen LogP contribution in [-0.4, -0.2) is 76.1 Å². The molecule has 1 atom stereocenters. The molecule has 2 aromatic heterocycles. The molecule has 0 spiro atoms. The first-order chi connectivity index (χ1) is 27.8. The number of esters is 1. The van der Waals surface area contributed by atoms with Crippen LogP contribution in [0, 0.1) is 0 Å². The molecular weight excluding hydrogens is 787 g/mol. The number of anilines is 4. The maximum Gasteiger partial charge on any atom is 0.422 e. The number of carbonyl (C=O) groups excluding carboxylic acids is 4. The molecule has 1 saturated carbocycles. The fraction of sp³-hybridized carbons (Fsp3) is 0.211. The zero-order valence-electron chi connectivity index (χ0n) is 30.3. The maximum atomic E-state index is 13.1. The molecule has 300 valence electrons. The Balaban J connectivity index is 1.07. The SMILES string of the molecule is COC(=O)[C@H](CNC(=O)C(=O)Nc1cccc(Oc2ccccn2)c1)NC(=O)c1ccc(Nc2nc(NC3(c4ccc(Cl)cc4)CC3)nc(OCC(F)(F)F)n2)cc1. The molecule has 1 fully saturated rings. The molecule has 0 radical (unpaired) electrons. The summed E-state index contributed by atoms with van der Waals surface area (Å²) in [6.07, 6.45) is -1.70. The number of hydrogen-bond donors (Lipinski definition) is 5. The van der Waals surface area contributed by atoms with Gasteiger partial charge in [0.25, 0.3) is 5.91 Å². The number of amides is 3. The van der Waals surface area contributed by atoms with Gasteiger partial charge in [-0.15, -0.1) is 0 Å². The summed E-state index contributed by atoms with van der Waals surface area (Å²) in [6, 6.07) is 22.1. The second-order valence-corrected chi connectivity index (χ2v) is 13.0. The van der Waals surface area contributed by atoms with E-state index in [0.29, 0.717) is 35.2 Å². The Morgan fingerprint density at radius 3 is 2.28 bits per heavy atom. The third-order valence-electron chi connectivity index (χ3n) is 8.30. The van der Waals surface area contributed by atoms with E-state index in [1.165, 1.54) is 36.4 Å². The van der Waals surface area contributed by atoms with Crippen LogP contribution < -0.4 is 36.1 Å². The Labute approximate surface area is 332 Å². The Kier molecular flexibility index (Phi) is 12.5. The third kappa shape index (κ3) is 11.3. The van der Waals surface area contributed by atoms with Gasteiger partial charge in [-0.1, -0.05) is 35.9 Å².